The minimum absolute atomic E-state index is 0.198. The molecule has 3 rings (SSSR count). The molecule has 1 amide bonds. The van der Waals surface area contributed by atoms with Crippen molar-refractivity contribution in [1.82, 2.24) is 10.3 Å². The van der Waals surface area contributed by atoms with Crippen LogP contribution in [0, 0.1) is 0 Å². The van der Waals surface area contributed by atoms with Gasteiger partial charge in [-0.3, -0.25) is 4.79 Å². The molecule has 0 radical (unpaired) electrons. The van der Waals surface area contributed by atoms with Gasteiger partial charge in [0.25, 0.3) is 5.91 Å². The first-order valence-electron chi connectivity index (χ1n) is 7.72. The molecule has 1 aliphatic heterocycles. The van der Waals surface area contributed by atoms with Gasteiger partial charge in [-0.25, -0.2) is 0 Å². The van der Waals surface area contributed by atoms with Gasteiger partial charge in [0.1, 0.15) is 36.1 Å². The lowest BCUT2D eigenvalue weighted by Gasteiger charge is -2.37. The molecular formula is C16H22N3O4+. The molecule has 0 unspecified atom stereocenters. The van der Waals surface area contributed by atoms with Crippen molar-refractivity contribution in [3.63, 3.8) is 0 Å². The number of carbonyl (C=O) groups excluding carboxylic acids is 1. The molecule has 0 aliphatic carbocycles. The Hall–Kier alpha value is -1.93. The predicted octanol–water partition coefficient (Wildman–Crippen LogP) is -1.69. The lowest BCUT2D eigenvalue weighted by atomic mass is 9.91. The topological polar surface area (TPSA) is 122 Å². The molecule has 1 fully saturated rings. The number of hydrogen-bond acceptors (Lipinski definition) is 4. The van der Waals surface area contributed by atoms with Gasteiger partial charge in [0.2, 0.25) is 0 Å². The Kier molecular flexibility index (Phi) is 4.36. The molecule has 7 N–H and O–H groups in total. The van der Waals surface area contributed by atoms with Gasteiger partial charge in [-0.2, -0.15) is 0 Å². The number of hydrogen-bond donors (Lipinski definition) is 6. The minimum atomic E-state index is -1.20. The van der Waals surface area contributed by atoms with Crippen LogP contribution in [-0.4, -0.2) is 63.2 Å². The first-order valence-corrected chi connectivity index (χ1v) is 7.72. The zero-order valence-corrected chi connectivity index (χ0v) is 12.8. The number of aromatic amines is 1. The molecule has 2 aromatic rings. The van der Waals surface area contributed by atoms with Crippen LogP contribution in [0.25, 0.3) is 10.9 Å². The van der Waals surface area contributed by atoms with Gasteiger partial charge in [0.15, 0.2) is 0 Å². The lowest BCUT2D eigenvalue weighted by Crippen LogP contribution is -3.03. The number of quaternary nitrogens is 1. The Morgan fingerprint density at radius 2 is 1.96 bits per heavy atom. The Labute approximate surface area is 133 Å². The van der Waals surface area contributed by atoms with Gasteiger partial charge in [-0.05, 0) is 19.1 Å². The number of aliphatic hydroxyl groups is 3. The Morgan fingerprint density at radius 3 is 2.70 bits per heavy atom. The van der Waals surface area contributed by atoms with Crippen molar-refractivity contribution in [3.05, 3.63) is 36.0 Å². The van der Waals surface area contributed by atoms with Crippen LogP contribution in [0.2, 0.25) is 0 Å². The summed E-state index contributed by atoms with van der Waals surface area (Å²) in [7, 11) is 0. The van der Waals surface area contributed by atoms with E-state index in [-0.39, 0.29) is 18.5 Å². The third-order valence-corrected chi connectivity index (χ3v) is 4.50. The van der Waals surface area contributed by atoms with Crippen LogP contribution in [0.15, 0.2) is 30.3 Å². The van der Waals surface area contributed by atoms with Crippen molar-refractivity contribution < 1.29 is 25.4 Å². The van der Waals surface area contributed by atoms with E-state index >= 15 is 0 Å². The summed E-state index contributed by atoms with van der Waals surface area (Å²) in [4.78, 5) is 15.3. The number of rotatable bonds is 3. The number of fused-ring (bicyclic) bond motifs is 1. The molecule has 1 aliphatic rings. The van der Waals surface area contributed by atoms with Gasteiger partial charge in [-0.1, -0.05) is 18.2 Å². The normalized spacial score (nSPS) is 31.2. The molecule has 0 saturated carbocycles. The van der Waals surface area contributed by atoms with Crippen LogP contribution in [0.3, 0.4) is 0 Å². The van der Waals surface area contributed by atoms with Crippen LogP contribution in [0.5, 0.6) is 0 Å². The fourth-order valence-corrected chi connectivity index (χ4v) is 3.07. The Balaban J connectivity index is 1.64. The molecule has 124 valence electrons. The highest BCUT2D eigenvalue weighted by atomic mass is 16.4. The summed E-state index contributed by atoms with van der Waals surface area (Å²) in [5, 5.41) is 35.1. The first-order chi connectivity index (χ1) is 11.0. The number of aliphatic hydroxyl groups excluding tert-OH is 3. The molecule has 2 heterocycles. The number of piperidine rings is 1. The SMILES string of the molecule is C[C@@H]1[NH2+][C@H](CNC(=O)c2cc3ccccc3[nH]2)[C@@H](O)[C@H](O)[C@@H]1O. The number of nitrogens with one attached hydrogen (secondary N) is 2. The van der Waals surface area contributed by atoms with E-state index in [0.29, 0.717) is 5.69 Å². The maximum Gasteiger partial charge on any atom is 0.267 e. The van der Waals surface area contributed by atoms with Crippen LogP contribution in [0.4, 0.5) is 0 Å². The van der Waals surface area contributed by atoms with E-state index in [9.17, 15) is 20.1 Å². The van der Waals surface area contributed by atoms with E-state index in [2.05, 4.69) is 10.3 Å². The summed E-state index contributed by atoms with van der Waals surface area (Å²) >= 11 is 0. The summed E-state index contributed by atoms with van der Waals surface area (Å²) in [6.45, 7) is 1.97. The van der Waals surface area contributed by atoms with Gasteiger partial charge >= 0.3 is 0 Å². The van der Waals surface area contributed by atoms with Gasteiger partial charge in [-0.15, -0.1) is 0 Å². The van der Waals surface area contributed by atoms with Crippen LogP contribution < -0.4 is 10.6 Å². The van der Waals surface area contributed by atoms with Crippen molar-refractivity contribution in [1.29, 1.82) is 0 Å². The number of benzene rings is 1. The maximum atomic E-state index is 12.2. The van der Waals surface area contributed by atoms with Crippen LogP contribution in [-0.2, 0) is 0 Å². The van der Waals surface area contributed by atoms with E-state index in [4.69, 9.17) is 0 Å². The van der Waals surface area contributed by atoms with Gasteiger partial charge in [0.05, 0.1) is 6.54 Å². The van der Waals surface area contributed by atoms with E-state index < -0.39 is 24.4 Å². The lowest BCUT2D eigenvalue weighted by molar-refractivity contribution is -0.743. The molecule has 1 saturated heterocycles. The van der Waals surface area contributed by atoms with E-state index in [1.165, 1.54) is 0 Å². The summed E-state index contributed by atoms with van der Waals surface area (Å²) in [5.41, 5.74) is 1.33. The number of para-hydroxylation sites is 1. The Morgan fingerprint density at radius 1 is 1.22 bits per heavy atom. The third kappa shape index (κ3) is 3.09. The monoisotopic (exact) mass is 320 g/mol. The van der Waals surface area contributed by atoms with Gasteiger partial charge < -0.3 is 30.9 Å². The number of carbonyl (C=O) groups is 1. The van der Waals surface area contributed by atoms with Crippen molar-refractivity contribution in [2.45, 2.75) is 37.3 Å². The molecule has 1 aromatic heterocycles. The summed E-state index contributed by atoms with van der Waals surface area (Å²) < 4.78 is 0. The van der Waals surface area contributed by atoms with Crippen molar-refractivity contribution in [2.75, 3.05) is 6.54 Å². The zero-order chi connectivity index (χ0) is 16.6. The first kappa shape index (κ1) is 15.9. The second-order valence-corrected chi connectivity index (χ2v) is 6.17. The molecule has 0 bridgehead atoms. The quantitative estimate of drug-likeness (QED) is 0.404. The molecular weight excluding hydrogens is 298 g/mol. The Bertz CT molecular complexity index is 668. The second kappa shape index (κ2) is 6.29. The smallest absolute Gasteiger partial charge is 0.267 e. The second-order valence-electron chi connectivity index (χ2n) is 6.17. The van der Waals surface area contributed by atoms with Gasteiger partial charge in [0, 0.05) is 10.9 Å². The van der Waals surface area contributed by atoms with Crippen molar-refractivity contribution in [3.8, 4) is 0 Å². The standard InChI is InChI=1S/C16H21N3O4/c1-8-13(20)15(22)14(21)12(18-8)7-17-16(23)11-6-9-4-2-3-5-10(9)19-11/h2-6,8,12-15,18-22H,7H2,1H3,(H,17,23)/p+1/t8-,12+,13+,14+,15+/m0/s1. The highest BCUT2D eigenvalue weighted by Crippen LogP contribution is 2.14. The number of aromatic nitrogens is 1. The van der Waals surface area contributed by atoms with Crippen molar-refractivity contribution >= 4 is 16.8 Å². The summed E-state index contributed by atoms with van der Waals surface area (Å²) in [5.74, 6) is -0.268. The molecule has 5 atom stereocenters. The van der Waals surface area contributed by atoms with Crippen LogP contribution in [0.1, 0.15) is 17.4 Å². The summed E-state index contributed by atoms with van der Waals surface area (Å²) in [6.07, 6.45) is -3.28. The fourth-order valence-electron chi connectivity index (χ4n) is 3.07. The largest absolute Gasteiger partial charge is 0.387 e. The third-order valence-electron chi connectivity index (χ3n) is 4.50. The van der Waals surface area contributed by atoms with E-state index in [0.717, 1.165) is 10.9 Å². The number of H-pyrrole nitrogens is 1. The number of nitrogens with two attached hydrogens (primary N) is 1. The molecule has 0 spiro atoms. The van der Waals surface area contributed by atoms with Crippen molar-refractivity contribution in [2.24, 2.45) is 0 Å². The summed E-state index contributed by atoms with van der Waals surface area (Å²) in [6, 6.07) is 8.72. The number of amides is 1. The molecule has 23 heavy (non-hydrogen) atoms. The molecule has 1 aromatic carbocycles. The zero-order valence-electron chi connectivity index (χ0n) is 12.8. The average molecular weight is 320 g/mol. The highest BCUT2D eigenvalue weighted by molar-refractivity contribution is 5.97. The van der Waals surface area contributed by atoms with E-state index in [1.54, 1.807) is 18.3 Å². The molecule has 7 heteroatoms. The van der Waals surface area contributed by atoms with Crippen LogP contribution >= 0.6 is 0 Å². The minimum Gasteiger partial charge on any atom is -0.387 e. The highest BCUT2D eigenvalue weighted by Gasteiger charge is 2.43. The average Bonchev–Trinajstić information content (AvgIpc) is 2.99. The fraction of sp³-hybridized carbons (Fsp3) is 0.438. The maximum absolute atomic E-state index is 12.2. The molecule has 7 nitrogen and oxygen atoms in total. The predicted molar refractivity (Wildman–Crippen MR) is 83.8 cm³/mol. The van der Waals surface area contributed by atoms with E-state index in [1.807, 2.05) is 24.3 Å².